The molecule has 4 heteroatoms. The highest BCUT2D eigenvalue weighted by Crippen LogP contribution is 2.34. The van der Waals surface area contributed by atoms with Crippen LogP contribution in [-0.4, -0.2) is 17.4 Å². The Kier molecular flexibility index (Phi) is 5.13. The maximum atomic E-state index is 9.67. The molecule has 2 aromatic rings. The maximum absolute atomic E-state index is 9.67. The van der Waals surface area contributed by atoms with E-state index in [1.165, 1.54) is 0 Å². The van der Waals surface area contributed by atoms with Gasteiger partial charge in [0.2, 0.25) is 0 Å². The van der Waals surface area contributed by atoms with Gasteiger partial charge >= 0.3 is 0 Å². The third-order valence-electron chi connectivity index (χ3n) is 3.16. The van der Waals surface area contributed by atoms with Crippen LogP contribution in [0.1, 0.15) is 19.4 Å². The lowest BCUT2D eigenvalue weighted by Crippen LogP contribution is -2.17. The Morgan fingerprint density at radius 3 is 2.57 bits per heavy atom. The first-order chi connectivity index (χ1) is 10.2. The number of hydrogen-bond donors (Lipinski definition) is 1. The van der Waals surface area contributed by atoms with Crippen molar-refractivity contribution in [1.82, 2.24) is 0 Å². The van der Waals surface area contributed by atoms with Gasteiger partial charge in [-0.2, -0.15) is 5.26 Å². The minimum Gasteiger partial charge on any atom is -0.508 e. The van der Waals surface area contributed by atoms with E-state index >= 15 is 0 Å². The van der Waals surface area contributed by atoms with Gasteiger partial charge in [-0.25, -0.2) is 0 Å². The third-order valence-corrected chi connectivity index (χ3v) is 4.10. The van der Waals surface area contributed by atoms with Gasteiger partial charge in [-0.3, -0.25) is 0 Å². The first-order valence-corrected chi connectivity index (χ1v) is 7.92. The second-order valence-electron chi connectivity index (χ2n) is 4.46. The summed E-state index contributed by atoms with van der Waals surface area (Å²) in [7, 11) is 0. The van der Waals surface area contributed by atoms with E-state index in [9.17, 15) is 10.4 Å². The molecule has 0 saturated carbocycles. The molecule has 0 heterocycles. The molecule has 108 valence electrons. The molecule has 0 radical (unpaired) electrons. The van der Waals surface area contributed by atoms with Crippen LogP contribution in [0, 0.1) is 11.3 Å². The summed E-state index contributed by atoms with van der Waals surface area (Å²) in [6, 6.07) is 15.3. The molecule has 21 heavy (non-hydrogen) atoms. The Labute approximate surface area is 129 Å². The lowest BCUT2D eigenvalue weighted by atomic mass is 10.1. The van der Waals surface area contributed by atoms with Crippen LogP contribution in [0.2, 0.25) is 0 Å². The Morgan fingerprint density at radius 2 is 1.95 bits per heavy atom. The Morgan fingerprint density at radius 1 is 1.19 bits per heavy atom. The van der Waals surface area contributed by atoms with Gasteiger partial charge in [0.05, 0.1) is 11.3 Å². The van der Waals surface area contributed by atoms with E-state index in [0.29, 0.717) is 5.56 Å². The number of phenols is 1. The Bertz CT molecular complexity index is 664. The average Bonchev–Trinajstić information content (AvgIpc) is 2.49. The molecule has 0 bridgehead atoms. The second-order valence-corrected chi connectivity index (χ2v) is 5.77. The van der Waals surface area contributed by atoms with E-state index in [0.717, 1.165) is 28.6 Å². The summed E-state index contributed by atoms with van der Waals surface area (Å²) in [5, 5.41) is 19.2. The summed E-state index contributed by atoms with van der Waals surface area (Å²) < 4.78 is 0. The van der Waals surface area contributed by atoms with Gasteiger partial charge in [0.1, 0.15) is 11.8 Å². The number of thioether (sulfide) groups is 1. The first-order valence-electron chi connectivity index (χ1n) is 6.93. The molecule has 2 aromatic carbocycles. The predicted molar refractivity (Wildman–Crippen MR) is 88.3 cm³/mol. The zero-order valence-corrected chi connectivity index (χ0v) is 13.0. The summed E-state index contributed by atoms with van der Waals surface area (Å²) in [5.41, 5.74) is 2.45. The zero-order chi connectivity index (χ0) is 15.2. The number of nitrogens with zero attached hydrogens (tertiary/aromatic N) is 2. The van der Waals surface area contributed by atoms with E-state index in [1.54, 1.807) is 23.9 Å². The number of anilines is 2. The van der Waals surface area contributed by atoms with Crippen LogP contribution in [0.3, 0.4) is 0 Å². The van der Waals surface area contributed by atoms with Gasteiger partial charge in [-0.05, 0) is 36.9 Å². The molecule has 0 spiro atoms. The topological polar surface area (TPSA) is 47.3 Å². The standard InChI is InChI=1S/C17H18N2OS/c1-3-19(13-7-5-8-14(20)11-13)16-9-6-10-17(21-4-2)15(16)12-18/h5-11,20H,3-4H2,1-2H3. The molecule has 0 fully saturated rings. The van der Waals surface area contributed by atoms with Crippen LogP contribution >= 0.6 is 11.8 Å². The van der Waals surface area contributed by atoms with Crippen LogP contribution in [0.5, 0.6) is 5.75 Å². The predicted octanol–water partition coefficient (Wildman–Crippen LogP) is 4.53. The number of hydrogen-bond acceptors (Lipinski definition) is 4. The van der Waals surface area contributed by atoms with Crippen LogP contribution in [-0.2, 0) is 0 Å². The van der Waals surface area contributed by atoms with Crippen molar-refractivity contribution in [2.24, 2.45) is 0 Å². The molecule has 0 atom stereocenters. The van der Waals surface area contributed by atoms with Crippen molar-refractivity contribution in [2.75, 3.05) is 17.2 Å². The quantitative estimate of drug-likeness (QED) is 0.824. The molecular weight excluding hydrogens is 280 g/mol. The lowest BCUT2D eigenvalue weighted by Gasteiger charge is -2.25. The molecule has 1 N–H and O–H groups in total. The maximum Gasteiger partial charge on any atom is 0.117 e. The molecule has 0 aliphatic rings. The summed E-state index contributed by atoms with van der Waals surface area (Å²) in [4.78, 5) is 3.04. The molecule has 2 rings (SSSR count). The second kappa shape index (κ2) is 7.05. The molecule has 0 amide bonds. The normalized spacial score (nSPS) is 10.1. The van der Waals surface area contributed by atoms with Gasteiger partial charge in [-0.15, -0.1) is 11.8 Å². The van der Waals surface area contributed by atoms with E-state index < -0.39 is 0 Å². The smallest absolute Gasteiger partial charge is 0.117 e. The zero-order valence-electron chi connectivity index (χ0n) is 12.2. The molecule has 0 aromatic heterocycles. The third kappa shape index (κ3) is 3.32. The van der Waals surface area contributed by atoms with Gasteiger partial charge in [0, 0.05) is 23.2 Å². The van der Waals surface area contributed by atoms with Gasteiger partial charge in [-0.1, -0.05) is 19.1 Å². The summed E-state index contributed by atoms with van der Waals surface area (Å²) in [5.74, 6) is 1.15. The van der Waals surface area contributed by atoms with Crippen LogP contribution < -0.4 is 4.90 Å². The molecular formula is C17H18N2OS. The van der Waals surface area contributed by atoms with Crippen molar-refractivity contribution in [3.05, 3.63) is 48.0 Å². The number of rotatable bonds is 5. The van der Waals surface area contributed by atoms with Crippen LogP contribution in [0.15, 0.2) is 47.4 Å². The summed E-state index contributed by atoms with van der Waals surface area (Å²) >= 11 is 1.67. The number of aromatic hydroxyl groups is 1. The average molecular weight is 298 g/mol. The summed E-state index contributed by atoms with van der Waals surface area (Å²) in [6.45, 7) is 4.83. The minimum absolute atomic E-state index is 0.226. The molecule has 0 aliphatic heterocycles. The molecule has 0 aliphatic carbocycles. The SMILES string of the molecule is CCSc1cccc(N(CC)c2cccc(O)c2)c1C#N. The van der Waals surface area contributed by atoms with Crippen molar-refractivity contribution < 1.29 is 5.11 Å². The lowest BCUT2D eigenvalue weighted by molar-refractivity contribution is 0.475. The first kappa shape index (κ1) is 15.3. The van der Waals surface area contributed by atoms with E-state index in [4.69, 9.17) is 0 Å². The highest BCUT2D eigenvalue weighted by Gasteiger charge is 2.15. The number of benzene rings is 2. The van der Waals surface area contributed by atoms with Crippen molar-refractivity contribution in [3.63, 3.8) is 0 Å². The Hall–Kier alpha value is -2.12. The highest BCUT2D eigenvalue weighted by molar-refractivity contribution is 7.99. The van der Waals surface area contributed by atoms with Gasteiger partial charge in [0.15, 0.2) is 0 Å². The fourth-order valence-electron chi connectivity index (χ4n) is 2.29. The van der Waals surface area contributed by atoms with Gasteiger partial charge < -0.3 is 10.0 Å². The van der Waals surface area contributed by atoms with E-state index in [-0.39, 0.29) is 5.75 Å². The monoisotopic (exact) mass is 298 g/mol. The molecule has 3 nitrogen and oxygen atoms in total. The fraction of sp³-hybridized carbons (Fsp3) is 0.235. The van der Waals surface area contributed by atoms with E-state index in [2.05, 4.69) is 13.0 Å². The van der Waals surface area contributed by atoms with Crippen LogP contribution in [0.4, 0.5) is 11.4 Å². The Balaban J connectivity index is 2.53. The van der Waals surface area contributed by atoms with E-state index in [1.807, 2.05) is 42.2 Å². The van der Waals surface area contributed by atoms with Crippen molar-refractivity contribution in [1.29, 1.82) is 5.26 Å². The molecule has 0 saturated heterocycles. The molecule has 0 unspecified atom stereocenters. The largest absolute Gasteiger partial charge is 0.508 e. The van der Waals surface area contributed by atoms with Gasteiger partial charge in [0.25, 0.3) is 0 Å². The summed E-state index contributed by atoms with van der Waals surface area (Å²) in [6.07, 6.45) is 0. The minimum atomic E-state index is 0.226. The highest BCUT2D eigenvalue weighted by atomic mass is 32.2. The van der Waals surface area contributed by atoms with Crippen molar-refractivity contribution >= 4 is 23.1 Å². The van der Waals surface area contributed by atoms with Crippen molar-refractivity contribution in [2.45, 2.75) is 18.7 Å². The fourth-order valence-corrected chi connectivity index (χ4v) is 3.07. The number of nitriles is 1. The van der Waals surface area contributed by atoms with Crippen molar-refractivity contribution in [3.8, 4) is 11.8 Å². The number of phenolic OH excluding ortho intramolecular Hbond substituents is 1. The van der Waals surface area contributed by atoms with Crippen LogP contribution in [0.25, 0.3) is 0 Å².